The van der Waals surface area contributed by atoms with Crippen LogP contribution in [0, 0.1) is 11.3 Å². The van der Waals surface area contributed by atoms with Crippen molar-refractivity contribution in [2.45, 2.75) is 37.1 Å². The van der Waals surface area contributed by atoms with E-state index in [0.717, 1.165) is 0 Å². The number of imidazole rings is 1. The Labute approximate surface area is 200 Å². The summed E-state index contributed by atoms with van der Waals surface area (Å²) in [6.07, 6.45) is -1.00. The molecule has 1 aromatic carbocycles. The van der Waals surface area contributed by atoms with Crippen LogP contribution in [0.5, 0.6) is 0 Å². The van der Waals surface area contributed by atoms with E-state index in [-0.39, 0.29) is 19.0 Å². The fraction of sp³-hybridized carbons (Fsp3) is 0.429. The Morgan fingerprint density at radius 3 is 3.03 bits per heavy atom. The lowest BCUT2D eigenvalue weighted by atomic mass is 10.0. The lowest BCUT2D eigenvalue weighted by Crippen LogP contribution is -2.35. The Hall–Kier alpha value is -2.95. The number of benzene rings is 1. The number of phosphoric acid groups is 1. The van der Waals surface area contributed by atoms with E-state index in [2.05, 4.69) is 21.0 Å². The van der Waals surface area contributed by atoms with Crippen molar-refractivity contribution < 1.29 is 32.7 Å². The number of aliphatic hydroxyl groups excluding tert-OH is 1. The lowest BCUT2D eigenvalue weighted by Gasteiger charge is -2.30. The van der Waals surface area contributed by atoms with Gasteiger partial charge < -0.3 is 20.3 Å². The van der Waals surface area contributed by atoms with E-state index in [1.165, 1.54) is 19.8 Å². The number of hydrogen-bond donors (Lipinski definition) is 2. The number of ether oxygens (including phenoxy) is 2. The van der Waals surface area contributed by atoms with E-state index in [1.807, 2.05) is 0 Å². The van der Waals surface area contributed by atoms with Crippen LogP contribution in [0.1, 0.15) is 29.9 Å². The molecule has 0 aliphatic carbocycles. The first kappa shape index (κ1) is 23.8. The second-order valence-electron chi connectivity index (χ2n) is 8.04. The number of fused-ring (bicyclic) bond motifs is 1. The summed E-state index contributed by atoms with van der Waals surface area (Å²) in [6, 6.07) is 8.92. The molecule has 2 aliphatic rings. The standard InChI is InChI=1S/C21H23N6O7P/c1-30-18-17(28)15(33-21(18)27-11-26-16-19(23)24-10-25-20(16)27)9-32-35(29)31-6-5-14(34-35)13-4-2-3-12(7-13)8-22/h2-4,7,10-11,14-15,17-18,21,28H,5-6,9H2,1H3,(H2,23,24,25)/t14?,15-,17?,18?,21-,35?/m1/s1. The molecule has 0 amide bonds. The topological polar surface area (TPSA) is 177 Å². The van der Waals surface area contributed by atoms with Crippen LogP contribution < -0.4 is 5.73 Å². The van der Waals surface area contributed by atoms with Crippen LogP contribution in [0.25, 0.3) is 11.2 Å². The van der Waals surface area contributed by atoms with Crippen molar-refractivity contribution in [1.82, 2.24) is 19.5 Å². The smallest absolute Gasteiger partial charge is 0.387 e. The first-order chi connectivity index (χ1) is 16.9. The van der Waals surface area contributed by atoms with Gasteiger partial charge in [0.25, 0.3) is 0 Å². The molecule has 6 atom stereocenters. The van der Waals surface area contributed by atoms with Gasteiger partial charge in [0.05, 0.1) is 37.3 Å². The molecule has 0 radical (unpaired) electrons. The molecule has 0 bridgehead atoms. The molecule has 0 saturated carbocycles. The van der Waals surface area contributed by atoms with E-state index in [9.17, 15) is 9.67 Å². The van der Waals surface area contributed by atoms with Gasteiger partial charge in [0.1, 0.15) is 30.2 Å². The molecule has 14 heteroatoms. The minimum absolute atomic E-state index is 0.137. The van der Waals surface area contributed by atoms with Crippen LogP contribution in [0.4, 0.5) is 5.82 Å². The minimum atomic E-state index is -3.96. The van der Waals surface area contributed by atoms with Crippen molar-refractivity contribution >= 4 is 24.8 Å². The van der Waals surface area contributed by atoms with Gasteiger partial charge in [-0.2, -0.15) is 5.26 Å². The maximum absolute atomic E-state index is 13.2. The van der Waals surface area contributed by atoms with E-state index in [1.54, 1.807) is 28.8 Å². The van der Waals surface area contributed by atoms with E-state index < -0.39 is 38.5 Å². The second-order valence-corrected chi connectivity index (χ2v) is 9.66. The lowest BCUT2D eigenvalue weighted by molar-refractivity contribution is -0.0626. The zero-order valence-corrected chi connectivity index (χ0v) is 19.5. The zero-order chi connectivity index (χ0) is 24.6. The van der Waals surface area contributed by atoms with Gasteiger partial charge in [-0.1, -0.05) is 12.1 Å². The molecule has 2 aromatic heterocycles. The molecule has 2 aliphatic heterocycles. The normalized spacial score (nSPS) is 30.9. The average Bonchev–Trinajstić information content (AvgIpc) is 3.44. The summed E-state index contributed by atoms with van der Waals surface area (Å²) < 4.78 is 42.7. The maximum atomic E-state index is 13.2. The molecule has 2 saturated heterocycles. The van der Waals surface area contributed by atoms with Gasteiger partial charge in [-0.05, 0) is 17.7 Å². The van der Waals surface area contributed by atoms with Crippen LogP contribution in [0.15, 0.2) is 36.9 Å². The molecule has 184 valence electrons. The molecule has 4 heterocycles. The molecular formula is C21H23N6O7P. The predicted molar refractivity (Wildman–Crippen MR) is 120 cm³/mol. The highest BCUT2D eigenvalue weighted by atomic mass is 31.2. The summed E-state index contributed by atoms with van der Waals surface area (Å²) in [7, 11) is -2.53. The second kappa shape index (κ2) is 9.60. The van der Waals surface area contributed by atoms with Crippen molar-refractivity contribution in [2.75, 3.05) is 26.1 Å². The number of phosphoric ester groups is 1. The summed E-state index contributed by atoms with van der Waals surface area (Å²) in [6.45, 7) is -0.151. The fourth-order valence-corrected chi connectivity index (χ4v) is 5.56. The third kappa shape index (κ3) is 4.53. The molecule has 3 aromatic rings. The van der Waals surface area contributed by atoms with E-state index >= 15 is 0 Å². The molecule has 5 rings (SSSR count). The number of nitrogens with two attached hydrogens (primary N) is 1. The molecule has 13 nitrogen and oxygen atoms in total. The molecule has 0 spiro atoms. The quantitative estimate of drug-likeness (QED) is 0.468. The van der Waals surface area contributed by atoms with Crippen LogP contribution in [0.2, 0.25) is 0 Å². The van der Waals surface area contributed by atoms with Crippen LogP contribution in [-0.4, -0.2) is 63.3 Å². The number of nitrogens with zero attached hydrogens (tertiary/aromatic N) is 5. The van der Waals surface area contributed by atoms with Gasteiger partial charge in [-0.3, -0.25) is 18.1 Å². The third-order valence-electron chi connectivity index (χ3n) is 5.92. The SMILES string of the molecule is COC1C(O)[C@@H](COP2(=O)OCCC(c3cccc(C#N)c3)O2)O[C@H]1n1cnc2c(N)ncnc21. The summed E-state index contributed by atoms with van der Waals surface area (Å²) in [5.74, 6) is 0.209. The van der Waals surface area contributed by atoms with E-state index in [4.69, 9.17) is 34.0 Å². The Kier molecular flexibility index (Phi) is 6.52. The minimum Gasteiger partial charge on any atom is -0.387 e. The highest BCUT2D eigenvalue weighted by molar-refractivity contribution is 7.48. The van der Waals surface area contributed by atoms with Crippen molar-refractivity contribution in [3.8, 4) is 6.07 Å². The zero-order valence-electron chi connectivity index (χ0n) is 18.6. The third-order valence-corrected chi connectivity index (χ3v) is 7.39. The van der Waals surface area contributed by atoms with Gasteiger partial charge in [-0.25, -0.2) is 19.5 Å². The summed E-state index contributed by atoms with van der Waals surface area (Å²) in [5, 5.41) is 20.0. The summed E-state index contributed by atoms with van der Waals surface area (Å²) in [4.78, 5) is 12.3. The Bertz CT molecular complexity index is 1310. The summed E-state index contributed by atoms with van der Waals surface area (Å²) >= 11 is 0. The number of aromatic nitrogens is 4. The largest absolute Gasteiger partial charge is 0.475 e. The van der Waals surface area contributed by atoms with Gasteiger partial charge >= 0.3 is 7.82 Å². The number of aliphatic hydroxyl groups is 1. The number of hydrogen-bond acceptors (Lipinski definition) is 12. The van der Waals surface area contributed by atoms with E-state index in [0.29, 0.717) is 28.7 Å². The van der Waals surface area contributed by atoms with Crippen molar-refractivity contribution in [3.63, 3.8) is 0 Å². The van der Waals surface area contributed by atoms with Gasteiger partial charge in [-0.15, -0.1) is 0 Å². The van der Waals surface area contributed by atoms with Crippen molar-refractivity contribution in [3.05, 3.63) is 48.0 Å². The van der Waals surface area contributed by atoms with Gasteiger partial charge in [0, 0.05) is 13.5 Å². The van der Waals surface area contributed by atoms with Gasteiger partial charge in [0.2, 0.25) is 0 Å². The first-order valence-electron chi connectivity index (χ1n) is 10.8. The molecular weight excluding hydrogens is 479 g/mol. The Balaban J connectivity index is 1.29. The average molecular weight is 502 g/mol. The number of rotatable bonds is 6. The first-order valence-corrected chi connectivity index (χ1v) is 12.3. The van der Waals surface area contributed by atoms with Crippen molar-refractivity contribution in [1.29, 1.82) is 5.26 Å². The van der Waals surface area contributed by atoms with Crippen LogP contribution in [-0.2, 0) is 27.6 Å². The Morgan fingerprint density at radius 2 is 2.23 bits per heavy atom. The Morgan fingerprint density at radius 1 is 1.37 bits per heavy atom. The van der Waals surface area contributed by atoms with Crippen LogP contribution in [0.3, 0.4) is 0 Å². The predicted octanol–water partition coefficient (Wildman–Crippen LogP) is 1.86. The molecule has 4 unspecified atom stereocenters. The number of anilines is 1. The van der Waals surface area contributed by atoms with Gasteiger partial charge in [0.15, 0.2) is 17.7 Å². The maximum Gasteiger partial charge on any atom is 0.475 e. The van der Waals surface area contributed by atoms with Crippen molar-refractivity contribution in [2.24, 2.45) is 0 Å². The molecule has 2 fully saturated rings. The fourth-order valence-electron chi connectivity index (χ4n) is 4.17. The number of methoxy groups -OCH3 is 1. The number of nitrogen functional groups attached to an aromatic ring is 1. The van der Waals surface area contributed by atoms with Crippen LogP contribution >= 0.6 is 7.82 Å². The molecule has 3 N–H and O–H groups in total. The summed E-state index contributed by atoms with van der Waals surface area (Å²) in [5.41, 5.74) is 7.82. The highest BCUT2D eigenvalue weighted by Gasteiger charge is 2.47. The molecule has 35 heavy (non-hydrogen) atoms. The highest BCUT2D eigenvalue weighted by Crippen LogP contribution is 2.57. The number of nitriles is 1. The monoisotopic (exact) mass is 502 g/mol.